The number of alkyl halides is 3. The highest BCUT2D eigenvalue weighted by Crippen LogP contribution is 2.24. The number of aromatic amines is 1. The zero-order chi connectivity index (χ0) is 15.0. The Bertz CT molecular complexity index is 839. The normalized spacial score (nSPS) is 11.8. The van der Waals surface area contributed by atoms with Gasteiger partial charge in [-0.25, -0.2) is 4.98 Å². The average molecular weight is 313 g/mol. The van der Waals surface area contributed by atoms with Gasteiger partial charge in [0.15, 0.2) is 15.8 Å². The van der Waals surface area contributed by atoms with Gasteiger partial charge in [-0.1, -0.05) is 17.4 Å². The molecule has 10 heteroatoms. The maximum atomic E-state index is 12.1. The summed E-state index contributed by atoms with van der Waals surface area (Å²) in [5.41, 5.74) is 1.41. The van der Waals surface area contributed by atoms with E-state index >= 15 is 0 Å². The van der Waals surface area contributed by atoms with Gasteiger partial charge in [-0.15, -0.1) is 18.3 Å². The fraction of sp³-hybridized carbons (Fsp3) is 0.0909. The Morgan fingerprint density at radius 2 is 1.90 bits per heavy atom. The molecule has 1 aromatic carbocycles. The third kappa shape index (κ3) is 2.70. The van der Waals surface area contributed by atoms with Gasteiger partial charge in [-0.05, 0) is 24.3 Å². The lowest BCUT2D eigenvalue weighted by molar-refractivity contribution is -0.274. The van der Waals surface area contributed by atoms with E-state index in [1.165, 1.54) is 35.3 Å². The van der Waals surface area contributed by atoms with E-state index in [-0.39, 0.29) is 10.4 Å². The second kappa shape index (κ2) is 4.81. The van der Waals surface area contributed by atoms with Crippen molar-refractivity contribution in [3.05, 3.63) is 35.2 Å². The van der Waals surface area contributed by atoms with Crippen molar-refractivity contribution in [1.29, 1.82) is 0 Å². The molecular formula is C11H6F3N5OS. The van der Waals surface area contributed by atoms with E-state index in [9.17, 15) is 13.2 Å². The molecule has 6 nitrogen and oxygen atoms in total. The molecule has 108 valence electrons. The molecule has 2 heterocycles. The van der Waals surface area contributed by atoms with Gasteiger partial charge in [0, 0.05) is 0 Å². The summed E-state index contributed by atoms with van der Waals surface area (Å²) in [5, 5.41) is 7.78. The first-order valence-corrected chi connectivity index (χ1v) is 6.00. The third-order valence-corrected chi connectivity index (χ3v) is 2.87. The number of benzene rings is 1. The quantitative estimate of drug-likeness (QED) is 0.737. The summed E-state index contributed by atoms with van der Waals surface area (Å²) in [5.74, 6) is -0.315. The number of hydrogen-bond donors (Lipinski definition) is 1. The minimum atomic E-state index is -4.72. The Kier molecular flexibility index (Phi) is 3.09. The van der Waals surface area contributed by atoms with Gasteiger partial charge in [-0.3, -0.25) is 0 Å². The number of H-pyrrole nitrogens is 1. The molecule has 1 N–H and O–H groups in total. The lowest BCUT2D eigenvalue weighted by atomic mass is 10.3. The van der Waals surface area contributed by atoms with Crippen LogP contribution < -0.4 is 4.74 Å². The van der Waals surface area contributed by atoms with Crippen LogP contribution in [-0.4, -0.2) is 31.3 Å². The molecule has 21 heavy (non-hydrogen) atoms. The van der Waals surface area contributed by atoms with E-state index < -0.39 is 6.36 Å². The summed E-state index contributed by atoms with van der Waals surface area (Å²) >= 11 is 5.01. The molecule has 0 unspecified atom stereocenters. The van der Waals surface area contributed by atoms with Crippen molar-refractivity contribution in [3.8, 4) is 11.4 Å². The maximum absolute atomic E-state index is 12.1. The molecule has 3 aromatic rings. The van der Waals surface area contributed by atoms with E-state index in [1.807, 2.05) is 0 Å². The van der Waals surface area contributed by atoms with Crippen molar-refractivity contribution in [2.45, 2.75) is 6.36 Å². The van der Waals surface area contributed by atoms with E-state index in [1.54, 1.807) is 0 Å². The number of fused-ring (bicyclic) bond motifs is 1. The number of rotatable bonds is 2. The third-order valence-electron chi connectivity index (χ3n) is 2.57. The number of nitrogens with zero attached hydrogens (tertiary/aromatic N) is 4. The number of halogens is 3. The monoisotopic (exact) mass is 313 g/mol. The zero-order valence-corrected chi connectivity index (χ0v) is 10.9. The van der Waals surface area contributed by atoms with Gasteiger partial charge in [0.25, 0.3) is 0 Å². The second-order valence-electron chi connectivity index (χ2n) is 3.95. The SMILES string of the molecule is FC(F)(F)Oc1ccc(-n2nnc3c(=S)nc[nH]c32)cc1. The van der Waals surface area contributed by atoms with E-state index in [0.717, 1.165) is 0 Å². The second-order valence-corrected chi connectivity index (χ2v) is 4.33. The summed E-state index contributed by atoms with van der Waals surface area (Å²) < 4.78 is 41.8. The predicted octanol–water partition coefficient (Wildman–Crippen LogP) is 2.77. The first kappa shape index (κ1) is 13.5. The average Bonchev–Trinajstić information content (AvgIpc) is 2.83. The van der Waals surface area contributed by atoms with Crippen molar-refractivity contribution >= 4 is 23.4 Å². The fourth-order valence-electron chi connectivity index (χ4n) is 1.74. The van der Waals surface area contributed by atoms with Gasteiger partial charge in [0.1, 0.15) is 5.75 Å². The van der Waals surface area contributed by atoms with Crippen LogP contribution in [-0.2, 0) is 0 Å². The number of aromatic nitrogens is 5. The van der Waals surface area contributed by atoms with Gasteiger partial charge < -0.3 is 9.72 Å². The van der Waals surface area contributed by atoms with E-state index in [2.05, 4.69) is 25.0 Å². The summed E-state index contributed by atoms with van der Waals surface area (Å²) in [7, 11) is 0. The molecule has 2 aromatic heterocycles. The highest BCUT2D eigenvalue weighted by molar-refractivity contribution is 7.71. The van der Waals surface area contributed by atoms with Crippen molar-refractivity contribution in [3.63, 3.8) is 0 Å². The number of nitrogens with one attached hydrogen (secondary N) is 1. The largest absolute Gasteiger partial charge is 0.573 e. The van der Waals surface area contributed by atoms with Crippen LogP contribution in [0.5, 0.6) is 5.75 Å². The topological polar surface area (TPSA) is 68.6 Å². The van der Waals surface area contributed by atoms with Gasteiger partial charge in [0.05, 0.1) is 12.0 Å². The molecule has 0 atom stereocenters. The lowest BCUT2D eigenvalue weighted by Crippen LogP contribution is -2.17. The molecule has 3 rings (SSSR count). The standard InChI is InChI=1S/C11H6F3N5OS/c12-11(13,14)20-7-3-1-6(2-4-7)19-9-8(17-18-19)10(21)16-5-15-9/h1-5H,(H,15,16,21). The molecule has 0 aliphatic rings. The Labute approximate surface area is 120 Å². The Morgan fingerprint density at radius 1 is 1.19 bits per heavy atom. The van der Waals surface area contributed by atoms with Crippen LogP contribution in [0.3, 0.4) is 0 Å². The van der Waals surface area contributed by atoms with Crippen molar-refractivity contribution in [2.75, 3.05) is 0 Å². The smallest absolute Gasteiger partial charge is 0.406 e. The molecule has 0 amide bonds. The summed E-state index contributed by atoms with van der Waals surface area (Å²) in [4.78, 5) is 6.71. The molecule has 0 saturated carbocycles. The molecule has 0 bridgehead atoms. The summed E-state index contributed by atoms with van der Waals surface area (Å²) in [6.45, 7) is 0. The molecular weight excluding hydrogens is 307 g/mol. The van der Waals surface area contributed by atoms with E-state index in [0.29, 0.717) is 16.9 Å². The summed E-state index contributed by atoms with van der Waals surface area (Å²) in [6, 6.07) is 5.22. The molecule has 0 spiro atoms. The Morgan fingerprint density at radius 3 is 2.57 bits per heavy atom. The zero-order valence-electron chi connectivity index (χ0n) is 10.1. The van der Waals surface area contributed by atoms with Crippen LogP contribution in [0.1, 0.15) is 0 Å². The van der Waals surface area contributed by atoms with Crippen LogP contribution in [0.15, 0.2) is 30.6 Å². The van der Waals surface area contributed by atoms with Crippen molar-refractivity contribution in [1.82, 2.24) is 25.0 Å². The summed E-state index contributed by atoms with van der Waals surface area (Å²) in [6.07, 6.45) is -3.33. The van der Waals surface area contributed by atoms with Crippen LogP contribution in [0.4, 0.5) is 13.2 Å². The molecule has 0 fully saturated rings. The first-order chi connectivity index (χ1) is 9.94. The van der Waals surface area contributed by atoms with Crippen LogP contribution >= 0.6 is 12.2 Å². The number of hydrogen-bond acceptors (Lipinski definition) is 5. The van der Waals surface area contributed by atoms with Crippen molar-refractivity contribution in [2.24, 2.45) is 0 Å². The highest BCUT2D eigenvalue weighted by Gasteiger charge is 2.31. The van der Waals surface area contributed by atoms with Gasteiger partial charge >= 0.3 is 6.36 Å². The van der Waals surface area contributed by atoms with Crippen LogP contribution in [0.25, 0.3) is 16.9 Å². The molecule has 0 saturated heterocycles. The van der Waals surface area contributed by atoms with Crippen LogP contribution in [0, 0.1) is 4.64 Å². The Balaban J connectivity index is 2.00. The highest BCUT2D eigenvalue weighted by atomic mass is 32.1. The maximum Gasteiger partial charge on any atom is 0.573 e. The van der Waals surface area contributed by atoms with Gasteiger partial charge in [0.2, 0.25) is 0 Å². The van der Waals surface area contributed by atoms with Crippen molar-refractivity contribution < 1.29 is 17.9 Å². The van der Waals surface area contributed by atoms with E-state index in [4.69, 9.17) is 12.2 Å². The first-order valence-electron chi connectivity index (χ1n) is 5.59. The lowest BCUT2D eigenvalue weighted by Gasteiger charge is -2.09. The van der Waals surface area contributed by atoms with Gasteiger partial charge in [-0.2, -0.15) is 4.68 Å². The minimum Gasteiger partial charge on any atom is -0.406 e. The Hall–Kier alpha value is -2.49. The number of ether oxygens (including phenoxy) is 1. The predicted molar refractivity (Wildman–Crippen MR) is 68.5 cm³/mol. The van der Waals surface area contributed by atoms with Crippen LogP contribution in [0.2, 0.25) is 0 Å². The molecule has 0 aliphatic carbocycles. The minimum absolute atomic E-state index is 0.284. The molecule has 0 aliphatic heterocycles. The fourth-order valence-corrected chi connectivity index (χ4v) is 1.93. The molecule has 0 radical (unpaired) electrons.